The van der Waals surface area contributed by atoms with Crippen molar-refractivity contribution >= 4 is 12.4 Å². The van der Waals surface area contributed by atoms with E-state index in [2.05, 4.69) is 11.1 Å². The fraction of sp³-hybridized carbons (Fsp3) is 0.600. The molecule has 1 aromatic rings. The zero-order valence-electron chi connectivity index (χ0n) is 15.1. The normalized spacial score (nSPS) is 18.7. The first-order valence-corrected chi connectivity index (χ1v) is 9.09. The molecule has 0 amide bonds. The number of nitrogens with zero attached hydrogens (tertiary/aromatic N) is 1. The molecule has 5 heteroatoms. The average Bonchev–Trinajstić information content (AvgIpc) is 3.48. The Balaban J connectivity index is 1.81. The Kier molecular flexibility index (Phi) is 5.86. The number of fused-ring (bicyclic) bond motifs is 1. The molecule has 2 aliphatic rings. The van der Waals surface area contributed by atoms with Crippen molar-refractivity contribution < 1.29 is 19.0 Å². The summed E-state index contributed by atoms with van der Waals surface area (Å²) in [6, 6.07) is 1.89. The monoisotopic (exact) mass is 345 g/mol. The second kappa shape index (κ2) is 8.11. The maximum atomic E-state index is 11.7. The van der Waals surface area contributed by atoms with Gasteiger partial charge in [0.25, 0.3) is 0 Å². The number of aldehydes is 1. The van der Waals surface area contributed by atoms with Gasteiger partial charge in [0.2, 0.25) is 0 Å². The lowest BCUT2D eigenvalue weighted by atomic mass is 9.92. The maximum Gasteiger partial charge on any atom is 0.152 e. The van der Waals surface area contributed by atoms with Gasteiger partial charge in [0.15, 0.2) is 6.29 Å². The molecule has 0 N–H and O–H groups in total. The number of hydrogen-bond acceptors (Lipinski definition) is 5. The molecule has 0 saturated heterocycles. The summed E-state index contributed by atoms with van der Waals surface area (Å²) in [5, 5.41) is 0. The van der Waals surface area contributed by atoms with E-state index in [1.54, 1.807) is 13.3 Å². The minimum absolute atomic E-state index is 0.0839. The standard InChI is InChI=1S/C20H27NO4/c1-3-20(13-22,25-14-23-2)11-18-17-10-16(7-6-15-4-5-15)12-24-19(17)8-9-21-18/h8-10,13,15H,3-7,11-12,14H2,1-2H3. The highest BCUT2D eigenvalue weighted by Crippen LogP contribution is 2.37. The van der Waals surface area contributed by atoms with Gasteiger partial charge in [-0.15, -0.1) is 0 Å². The molecule has 1 saturated carbocycles. The number of carbonyl (C=O) groups excluding carboxylic acids is 1. The molecule has 25 heavy (non-hydrogen) atoms. The van der Waals surface area contributed by atoms with Crippen LogP contribution in [-0.2, 0) is 20.7 Å². The summed E-state index contributed by atoms with van der Waals surface area (Å²) < 4.78 is 16.6. The van der Waals surface area contributed by atoms with Crippen molar-refractivity contribution in [3.63, 3.8) is 0 Å². The zero-order valence-corrected chi connectivity index (χ0v) is 15.1. The van der Waals surface area contributed by atoms with Gasteiger partial charge in [0, 0.05) is 25.3 Å². The third-order valence-corrected chi connectivity index (χ3v) is 5.11. The van der Waals surface area contributed by atoms with Crippen molar-refractivity contribution in [2.75, 3.05) is 20.5 Å². The first kappa shape index (κ1) is 18.1. The molecular weight excluding hydrogens is 318 g/mol. The van der Waals surface area contributed by atoms with Crippen LogP contribution >= 0.6 is 0 Å². The summed E-state index contributed by atoms with van der Waals surface area (Å²) >= 11 is 0. The van der Waals surface area contributed by atoms with Gasteiger partial charge in [0.05, 0.1) is 5.69 Å². The molecule has 0 aromatic carbocycles. The van der Waals surface area contributed by atoms with Gasteiger partial charge in [-0.3, -0.25) is 4.98 Å². The Labute approximate surface area is 149 Å². The van der Waals surface area contributed by atoms with Gasteiger partial charge in [0.1, 0.15) is 24.8 Å². The van der Waals surface area contributed by atoms with Crippen molar-refractivity contribution in [3.05, 3.63) is 29.1 Å². The topological polar surface area (TPSA) is 57.7 Å². The third-order valence-electron chi connectivity index (χ3n) is 5.11. The molecule has 0 radical (unpaired) electrons. The van der Waals surface area contributed by atoms with Crippen molar-refractivity contribution in [1.29, 1.82) is 0 Å². The van der Waals surface area contributed by atoms with Gasteiger partial charge in [-0.2, -0.15) is 0 Å². The number of carbonyl (C=O) groups is 1. The van der Waals surface area contributed by atoms with Crippen molar-refractivity contribution in [2.45, 2.75) is 51.0 Å². The smallest absolute Gasteiger partial charge is 0.152 e. The molecule has 5 nitrogen and oxygen atoms in total. The van der Waals surface area contributed by atoms with Gasteiger partial charge in [-0.1, -0.05) is 19.8 Å². The first-order valence-electron chi connectivity index (χ1n) is 9.09. The van der Waals surface area contributed by atoms with Crippen LogP contribution in [-0.4, -0.2) is 37.4 Å². The SMILES string of the molecule is CCC(C=O)(Cc1nccc2c1C=C(CCC1CC1)CO2)OCOC. The number of rotatable bonds is 10. The van der Waals surface area contributed by atoms with Crippen LogP contribution < -0.4 is 4.74 Å². The summed E-state index contributed by atoms with van der Waals surface area (Å²) in [7, 11) is 1.55. The van der Waals surface area contributed by atoms with E-state index in [4.69, 9.17) is 14.2 Å². The molecule has 0 spiro atoms. The van der Waals surface area contributed by atoms with Crippen LogP contribution in [0.25, 0.3) is 6.08 Å². The minimum Gasteiger partial charge on any atom is -0.488 e. The summed E-state index contributed by atoms with van der Waals surface area (Å²) in [5.41, 5.74) is 2.21. The summed E-state index contributed by atoms with van der Waals surface area (Å²) in [6.07, 6.45) is 10.8. The van der Waals surface area contributed by atoms with E-state index in [0.29, 0.717) is 19.4 Å². The lowest BCUT2D eigenvalue weighted by Gasteiger charge is -2.28. The zero-order chi connectivity index (χ0) is 17.7. The van der Waals surface area contributed by atoms with E-state index >= 15 is 0 Å². The summed E-state index contributed by atoms with van der Waals surface area (Å²) in [6.45, 7) is 2.67. The van der Waals surface area contributed by atoms with Gasteiger partial charge >= 0.3 is 0 Å². The highest BCUT2D eigenvalue weighted by atomic mass is 16.7. The van der Waals surface area contributed by atoms with Gasteiger partial charge in [-0.25, -0.2) is 0 Å². The largest absolute Gasteiger partial charge is 0.488 e. The van der Waals surface area contributed by atoms with E-state index in [0.717, 1.165) is 35.6 Å². The van der Waals surface area contributed by atoms with E-state index in [9.17, 15) is 4.79 Å². The number of methoxy groups -OCH3 is 1. The predicted octanol–water partition coefficient (Wildman–Crippen LogP) is 3.56. The van der Waals surface area contributed by atoms with Gasteiger partial charge in [-0.05, 0) is 42.9 Å². The molecule has 1 atom stereocenters. The molecular formula is C20H27NO4. The van der Waals surface area contributed by atoms with Crippen molar-refractivity contribution in [3.8, 4) is 5.75 Å². The third kappa shape index (κ3) is 4.47. The summed E-state index contributed by atoms with van der Waals surface area (Å²) in [5.74, 6) is 1.74. The number of aromatic nitrogens is 1. The lowest BCUT2D eigenvalue weighted by Crippen LogP contribution is -2.37. The van der Waals surface area contributed by atoms with E-state index < -0.39 is 5.60 Å². The van der Waals surface area contributed by atoms with Crippen LogP contribution in [0.4, 0.5) is 0 Å². The fourth-order valence-corrected chi connectivity index (χ4v) is 3.17. The minimum atomic E-state index is -0.919. The van der Waals surface area contributed by atoms with Crippen LogP contribution in [0.3, 0.4) is 0 Å². The Bertz CT molecular complexity index is 639. The van der Waals surface area contributed by atoms with Gasteiger partial charge < -0.3 is 19.0 Å². The second-order valence-electron chi connectivity index (χ2n) is 7.01. The van der Waals surface area contributed by atoms with E-state index in [1.807, 2.05) is 13.0 Å². The molecule has 1 aromatic heterocycles. The molecule has 1 aliphatic heterocycles. The molecule has 1 aliphatic carbocycles. The highest BCUT2D eigenvalue weighted by Gasteiger charge is 2.32. The summed E-state index contributed by atoms with van der Waals surface area (Å²) in [4.78, 5) is 16.2. The fourth-order valence-electron chi connectivity index (χ4n) is 3.17. The van der Waals surface area contributed by atoms with Crippen molar-refractivity contribution in [2.24, 2.45) is 5.92 Å². The number of ether oxygens (including phenoxy) is 3. The Morgan fingerprint density at radius 2 is 2.28 bits per heavy atom. The molecule has 136 valence electrons. The second-order valence-corrected chi connectivity index (χ2v) is 7.01. The lowest BCUT2D eigenvalue weighted by molar-refractivity contribution is -0.152. The van der Waals surface area contributed by atoms with Crippen LogP contribution in [0.2, 0.25) is 0 Å². The van der Waals surface area contributed by atoms with E-state index in [1.165, 1.54) is 24.8 Å². The van der Waals surface area contributed by atoms with Crippen LogP contribution in [0, 0.1) is 5.92 Å². The molecule has 1 fully saturated rings. The van der Waals surface area contributed by atoms with Crippen LogP contribution in [0.5, 0.6) is 5.75 Å². The Morgan fingerprint density at radius 1 is 1.44 bits per heavy atom. The van der Waals surface area contributed by atoms with Crippen LogP contribution in [0.1, 0.15) is 50.3 Å². The Morgan fingerprint density at radius 3 is 2.96 bits per heavy atom. The maximum absolute atomic E-state index is 11.7. The van der Waals surface area contributed by atoms with E-state index in [-0.39, 0.29) is 6.79 Å². The number of hydrogen-bond donors (Lipinski definition) is 0. The molecule has 3 rings (SSSR count). The molecule has 0 bridgehead atoms. The van der Waals surface area contributed by atoms with Crippen LogP contribution in [0.15, 0.2) is 17.8 Å². The predicted molar refractivity (Wildman–Crippen MR) is 95.4 cm³/mol. The average molecular weight is 345 g/mol. The Hall–Kier alpha value is -1.72. The number of pyridine rings is 1. The quantitative estimate of drug-likeness (QED) is 0.479. The van der Waals surface area contributed by atoms with Crippen molar-refractivity contribution in [1.82, 2.24) is 4.98 Å². The first-order chi connectivity index (χ1) is 12.2. The molecule has 1 unspecified atom stereocenters. The molecule has 2 heterocycles. The highest BCUT2D eigenvalue weighted by molar-refractivity contribution is 5.67.